The zero-order chi connectivity index (χ0) is 23.8. The highest BCUT2D eigenvalue weighted by molar-refractivity contribution is 5.87. The van der Waals surface area contributed by atoms with Gasteiger partial charge in [0.05, 0.1) is 18.8 Å². The van der Waals surface area contributed by atoms with Crippen LogP contribution < -0.4 is 5.32 Å². The normalized spacial score (nSPS) is 45.5. The van der Waals surface area contributed by atoms with Crippen molar-refractivity contribution in [1.82, 2.24) is 5.32 Å². The van der Waals surface area contributed by atoms with E-state index >= 15 is 0 Å². The quantitative estimate of drug-likeness (QED) is 0.402. The van der Waals surface area contributed by atoms with Crippen LogP contribution in [0.15, 0.2) is 12.2 Å². The molecule has 0 spiro atoms. The Hall–Kier alpha value is -1.31. The van der Waals surface area contributed by atoms with E-state index in [1.165, 1.54) is 25.7 Å². The van der Waals surface area contributed by atoms with Crippen LogP contribution in [-0.4, -0.2) is 34.9 Å². The summed E-state index contributed by atoms with van der Waals surface area (Å²) in [6.07, 6.45) is 19.3. The third kappa shape index (κ3) is 4.41. The molecule has 4 fully saturated rings. The van der Waals surface area contributed by atoms with Gasteiger partial charge >= 0.3 is 0 Å². The summed E-state index contributed by atoms with van der Waals surface area (Å²) in [6, 6.07) is 0. The standard InChI is InChI=1S/C29H45NO3/c1-5-16-30-27(33)9-7-6-8-19(2)23-12-13-24-22-11-10-20-17-21(31)14-15-28(20,3)25(22)18-26(32)29(23,24)4/h1,7,9,19-26,31-32H,6,8,10-18H2,2-4H3,(H,30,33)/t19-,20-,21-,22+,23-,24+,25+,26?,28+,29-/m1/s1. The van der Waals surface area contributed by atoms with Gasteiger partial charge in [-0.2, -0.15) is 0 Å². The molecule has 4 aliphatic rings. The number of aliphatic hydroxyl groups is 2. The number of terminal acetylenes is 1. The van der Waals surface area contributed by atoms with Crippen LogP contribution in [0.5, 0.6) is 0 Å². The van der Waals surface area contributed by atoms with Gasteiger partial charge in [-0.25, -0.2) is 0 Å². The Balaban J connectivity index is 1.42. The summed E-state index contributed by atoms with van der Waals surface area (Å²) in [5.41, 5.74) is 0.296. The van der Waals surface area contributed by atoms with Crippen LogP contribution in [-0.2, 0) is 4.79 Å². The van der Waals surface area contributed by atoms with E-state index in [1.807, 2.05) is 6.08 Å². The lowest BCUT2D eigenvalue weighted by Crippen LogP contribution is -2.58. The molecule has 0 aromatic rings. The zero-order valence-electron chi connectivity index (χ0n) is 20.9. The van der Waals surface area contributed by atoms with E-state index in [9.17, 15) is 15.0 Å². The lowest BCUT2D eigenvalue weighted by molar-refractivity contribution is -0.174. The SMILES string of the molecule is C#CCNC(=O)C=CCC[C@@H](C)[C@H]1CC[C@H]2[C@@H]3CC[C@@H]4C[C@H](O)CC[C@]4(C)[C@H]3CC(O)[C@]12C. The zero-order valence-corrected chi connectivity index (χ0v) is 20.9. The summed E-state index contributed by atoms with van der Waals surface area (Å²) in [5.74, 6) is 5.94. The smallest absolute Gasteiger partial charge is 0.244 e. The van der Waals surface area contributed by atoms with Gasteiger partial charge in [-0.05, 0) is 117 Å². The molecule has 0 aliphatic heterocycles. The van der Waals surface area contributed by atoms with E-state index in [0.29, 0.717) is 35.0 Å². The minimum Gasteiger partial charge on any atom is -0.393 e. The topological polar surface area (TPSA) is 69.6 Å². The molecule has 1 amide bonds. The third-order valence-corrected chi connectivity index (χ3v) is 10.9. The van der Waals surface area contributed by atoms with E-state index in [-0.39, 0.29) is 30.1 Å². The van der Waals surface area contributed by atoms with Crippen molar-refractivity contribution in [2.24, 2.45) is 46.3 Å². The number of amides is 1. The monoisotopic (exact) mass is 455 g/mol. The molecule has 33 heavy (non-hydrogen) atoms. The highest BCUT2D eigenvalue weighted by atomic mass is 16.3. The molecule has 0 radical (unpaired) electrons. The van der Waals surface area contributed by atoms with Crippen molar-refractivity contribution >= 4 is 5.91 Å². The molecular weight excluding hydrogens is 410 g/mol. The van der Waals surface area contributed by atoms with Gasteiger partial charge in [0, 0.05) is 0 Å². The van der Waals surface area contributed by atoms with Gasteiger partial charge in [0.15, 0.2) is 0 Å². The summed E-state index contributed by atoms with van der Waals surface area (Å²) >= 11 is 0. The fourth-order valence-corrected chi connectivity index (χ4v) is 9.11. The Morgan fingerprint density at radius 1 is 1.15 bits per heavy atom. The number of fused-ring (bicyclic) bond motifs is 5. The largest absolute Gasteiger partial charge is 0.393 e. The van der Waals surface area contributed by atoms with E-state index in [0.717, 1.165) is 44.4 Å². The molecule has 4 nitrogen and oxygen atoms in total. The Labute approximate surface area is 201 Å². The molecule has 0 saturated heterocycles. The molecule has 10 atom stereocenters. The lowest BCUT2D eigenvalue weighted by atomic mass is 9.43. The first-order valence-corrected chi connectivity index (χ1v) is 13.5. The minimum atomic E-state index is -0.230. The van der Waals surface area contributed by atoms with Crippen LogP contribution in [0.4, 0.5) is 0 Å². The van der Waals surface area contributed by atoms with E-state index in [4.69, 9.17) is 6.42 Å². The fraction of sp³-hybridized carbons (Fsp3) is 0.828. The molecule has 4 aliphatic carbocycles. The summed E-state index contributed by atoms with van der Waals surface area (Å²) in [5, 5.41) is 24.6. The predicted octanol–water partition coefficient (Wildman–Crippen LogP) is 4.70. The Morgan fingerprint density at radius 2 is 1.94 bits per heavy atom. The molecule has 3 N–H and O–H groups in total. The first kappa shape index (κ1) is 24.8. The van der Waals surface area contributed by atoms with Crippen molar-refractivity contribution in [3.05, 3.63) is 12.2 Å². The molecular formula is C29H45NO3. The van der Waals surface area contributed by atoms with Gasteiger partial charge in [0.1, 0.15) is 0 Å². The summed E-state index contributed by atoms with van der Waals surface area (Å²) in [7, 11) is 0. The van der Waals surface area contributed by atoms with Crippen LogP contribution in [0.25, 0.3) is 0 Å². The maximum absolute atomic E-state index is 11.7. The van der Waals surface area contributed by atoms with Crippen LogP contribution in [0.1, 0.15) is 85.0 Å². The number of carbonyl (C=O) groups excluding carboxylic acids is 1. The Morgan fingerprint density at radius 3 is 2.70 bits per heavy atom. The summed E-state index contributed by atoms with van der Waals surface area (Å²) < 4.78 is 0. The van der Waals surface area contributed by atoms with Crippen LogP contribution in [0, 0.1) is 58.7 Å². The molecule has 0 heterocycles. The van der Waals surface area contributed by atoms with Gasteiger partial charge in [-0.15, -0.1) is 6.42 Å². The first-order chi connectivity index (χ1) is 15.7. The van der Waals surface area contributed by atoms with E-state index in [1.54, 1.807) is 6.08 Å². The maximum atomic E-state index is 11.7. The molecule has 0 aromatic heterocycles. The highest BCUT2D eigenvalue weighted by Crippen LogP contribution is 2.68. The molecule has 0 aromatic carbocycles. The number of nitrogens with one attached hydrogen (secondary N) is 1. The second-order valence-corrected chi connectivity index (χ2v) is 12.3. The number of rotatable bonds is 6. The minimum absolute atomic E-state index is 0.00580. The van der Waals surface area contributed by atoms with Crippen LogP contribution in [0.3, 0.4) is 0 Å². The van der Waals surface area contributed by atoms with Crippen LogP contribution >= 0.6 is 0 Å². The second-order valence-electron chi connectivity index (χ2n) is 12.3. The third-order valence-electron chi connectivity index (χ3n) is 10.9. The Kier molecular flexibility index (Phi) is 7.32. The van der Waals surface area contributed by atoms with Crippen LogP contribution in [0.2, 0.25) is 0 Å². The van der Waals surface area contributed by atoms with Gasteiger partial charge in [0.25, 0.3) is 0 Å². The van der Waals surface area contributed by atoms with Crippen molar-refractivity contribution in [2.45, 2.75) is 97.2 Å². The number of aliphatic hydroxyl groups excluding tert-OH is 2. The average Bonchev–Trinajstić information content (AvgIpc) is 3.15. The summed E-state index contributed by atoms with van der Waals surface area (Å²) in [6.45, 7) is 7.50. The number of carbonyl (C=O) groups is 1. The van der Waals surface area contributed by atoms with E-state index in [2.05, 4.69) is 32.0 Å². The van der Waals surface area contributed by atoms with Crippen molar-refractivity contribution in [3.63, 3.8) is 0 Å². The van der Waals surface area contributed by atoms with Crippen molar-refractivity contribution < 1.29 is 15.0 Å². The Bertz CT molecular complexity index is 786. The van der Waals surface area contributed by atoms with Gasteiger partial charge < -0.3 is 15.5 Å². The molecule has 4 heteroatoms. The van der Waals surface area contributed by atoms with E-state index < -0.39 is 0 Å². The highest BCUT2D eigenvalue weighted by Gasteiger charge is 2.63. The summed E-state index contributed by atoms with van der Waals surface area (Å²) in [4.78, 5) is 11.7. The van der Waals surface area contributed by atoms with Crippen molar-refractivity contribution in [2.75, 3.05) is 6.54 Å². The molecule has 0 bridgehead atoms. The average molecular weight is 456 g/mol. The van der Waals surface area contributed by atoms with Gasteiger partial charge in [0.2, 0.25) is 5.91 Å². The lowest BCUT2D eigenvalue weighted by Gasteiger charge is -2.62. The number of hydrogen-bond donors (Lipinski definition) is 3. The molecule has 4 rings (SSSR count). The van der Waals surface area contributed by atoms with Crippen molar-refractivity contribution in [3.8, 4) is 12.3 Å². The maximum Gasteiger partial charge on any atom is 0.244 e. The molecule has 184 valence electrons. The molecule has 4 saturated carbocycles. The number of allylic oxidation sites excluding steroid dienone is 1. The predicted molar refractivity (Wildman–Crippen MR) is 132 cm³/mol. The first-order valence-electron chi connectivity index (χ1n) is 13.5. The van der Waals surface area contributed by atoms with Gasteiger partial charge in [-0.1, -0.05) is 32.8 Å². The molecule has 1 unspecified atom stereocenters. The fourth-order valence-electron chi connectivity index (χ4n) is 9.11. The number of hydrogen-bond acceptors (Lipinski definition) is 3. The second kappa shape index (κ2) is 9.74. The van der Waals surface area contributed by atoms with Crippen molar-refractivity contribution in [1.29, 1.82) is 0 Å². The van der Waals surface area contributed by atoms with Gasteiger partial charge in [-0.3, -0.25) is 4.79 Å².